The molecule has 1 atom stereocenters. The van der Waals surface area contributed by atoms with Crippen LogP contribution >= 0.6 is 11.8 Å². The molecule has 0 spiro atoms. The Bertz CT molecular complexity index is 897. The second-order valence-electron chi connectivity index (χ2n) is 6.18. The van der Waals surface area contributed by atoms with E-state index in [0.29, 0.717) is 11.5 Å². The number of benzene rings is 2. The maximum atomic E-state index is 14.5. The third kappa shape index (κ3) is 3.75. The van der Waals surface area contributed by atoms with Gasteiger partial charge in [-0.1, -0.05) is 6.07 Å². The van der Waals surface area contributed by atoms with E-state index in [4.69, 9.17) is 4.74 Å². The maximum absolute atomic E-state index is 14.5. The van der Waals surface area contributed by atoms with Crippen molar-refractivity contribution in [2.45, 2.75) is 12.0 Å². The van der Waals surface area contributed by atoms with Crippen LogP contribution in [0, 0.1) is 11.6 Å². The first-order chi connectivity index (χ1) is 12.9. The summed E-state index contributed by atoms with van der Waals surface area (Å²) in [6.45, 7) is 0. The molecule has 142 valence electrons. The number of nitrogens with one attached hydrogen (secondary N) is 1. The van der Waals surface area contributed by atoms with Crippen LogP contribution in [0.25, 0.3) is 11.1 Å². The molecule has 0 bridgehead atoms. The number of carboxylic acids is 1. The molecule has 1 aliphatic rings. The van der Waals surface area contributed by atoms with E-state index in [0.717, 1.165) is 6.07 Å². The SMILES string of the molecule is COc1ccc(-c2ccc(C(=O)NC3(C(=O)O)CCSC3)c(F)c2)c(F)c1. The molecule has 5 nitrogen and oxygen atoms in total. The number of carbonyl (C=O) groups is 2. The molecule has 1 saturated heterocycles. The van der Waals surface area contributed by atoms with E-state index in [1.54, 1.807) is 6.07 Å². The smallest absolute Gasteiger partial charge is 0.330 e. The van der Waals surface area contributed by atoms with Crippen LogP contribution in [0.5, 0.6) is 5.75 Å². The Balaban J connectivity index is 1.86. The van der Waals surface area contributed by atoms with Crippen LogP contribution in [0.3, 0.4) is 0 Å². The van der Waals surface area contributed by atoms with E-state index in [1.807, 2.05) is 0 Å². The zero-order valence-electron chi connectivity index (χ0n) is 14.4. The number of ether oxygens (including phenoxy) is 1. The summed E-state index contributed by atoms with van der Waals surface area (Å²) in [5.74, 6) is -2.22. The molecule has 2 N–H and O–H groups in total. The standard InChI is InChI=1S/C19H17F2NO4S/c1-26-12-3-5-13(16(21)9-12)11-2-4-14(15(20)8-11)17(23)22-19(18(24)25)6-7-27-10-19/h2-5,8-9H,6-7,10H2,1H3,(H,22,23)(H,24,25). The minimum atomic E-state index is -1.39. The van der Waals surface area contributed by atoms with Gasteiger partial charge in [-0.05, 0) is 42.0 Å². The number of methoxy groups -OCH3 is 1. The van der Waals surface area contributed by atoms with Gasteiger partial charge in [0.05, 0.1) is 12.7 Å². The highest BCUT2D eigenvalue weighted by atomic mass is 32.2. The van der Waals surface area contributed by atoms with Gasteiger partial charge in [-0.15, -0.1) is 0 Å². The summed E-state index contributed by atoms with van der Waals surface area (Å²) < 4.78 is 33.6. The van der Waals surface area contributed by atoms with Gasteiger partial charge in [0.15, 0.2) is 0 Å². The minimum Gasteiger partial charge on any atom is -0.497 e. The maximum Gasteiger partial charge on any atom is 0.330 e. The summed E-state index contributed by atoms with van der Waals surface area (Å²) >= 11 is 1.41. The molecule has 2 aromatic carbocycles. The molecule has 1 heterocycles. The van der Waals surface area contributed by atoms with Gasteiger partial charge < -0.3 is 15.2 Å². The van der Waals surface area contributed by atoms with Crippen molar-refractivity contribution in [1.82, 2.24) is 5.32 Å². The van der Waals surface area contributed by atoms with Gasteiger partial charge in [-0.2, -0.15) is 11.8 Å². The van der Waals surface area contributed by atoms with Crippen LogP contribution in [0.4, 0.5) is 8.78 Å². The molecule has 0 saturated carbocycles. The van der Waals surface area contributed by atoms with Gasteiger partial charge in [0, 0.05) is 17.4 Å². The molecule has 1 amide bonds. The Labute approximate surface area is 158 Å². The van der Waals surface area contributed by atoms with Crippen molar-refractivity contribution in [2.75, 3.05) is 18.6 Å². The molecule has 0 aliphatic carbocycles. The largest absolute Gasteiger partial charge is 0.497 e. The van der Waals surface area contributed by atoms with E-state index in [2.05, 4.69) is 5.32 Å². The van der Waals surface area contributed by atoms with E-state index in [1.165, 1.54) is 43.1 Å². The molecule has 2 aromatic rings. The van der Waals surface area contributed by atoms with Gasteiger partial charge in [0.2, 0.25) is 0 Å². The minimum absolute atomic E-state index is 0.163. The summed E-state index contributed by atoms with van der Waals surface area (Å²) in [5, 5.41) is 11.9. The van der Waals surface area contributed by atoms with E-state index < -0.39 is 29.0 Å². The summed E-state index contributed by atoms with van der Waals surface area (Å²) in [7, 11) is 1.41. The van der Waals surface area contributed by atoms with Gasteiger partial charge in [0.1, 0.15) is 22.9 Å². The van der Waals surface area contributed by atoms with E-state index in [9.17, 15) is 23.5 Å². The second-order valence-corrected chi connectivity index (χ2v) is 7.29. The molecule has 27 heavy (non-hydrogen) atoms. The summed E-state index contributed by atoms with van der Waals surface area (Å²) in [4.78, 5) is 23.9. The number of aliphatic carboxylic acids is 1. The zero-order chi connectivity index (χ0) is 19.6. The first kappa shape index (κ1) is 19.2. The van der Waals surface area contributed by atoms with Gasteiger partial charge in [-0.25, -0.2) is 13.6 Å². The van der Waals surface area contributed by atoms with Gasteiger partial charge >= 0.3 is 5.97 Å². The fraction of sp³-hybridized carbons (Fsp3) is 0.263. The highest BCUT2D eigenvalue weighted by Crippen LogP contribution is 2.30. The van der Waals surface area contributed by atoms with Crippen molar-refractivity contribution >= 4 is 23.6 Å². The number of hydrogen-bond donors (Lipinski definition) is 2. The lowest BCUT2D eigenvalue weighted by molar-refractivity contribution is -0.143. The van der Waals surface area contributed by atoms with Crippen molar-refractivity contribution in [2.24, 2.45) is 0 Å². The Hall–Kier alpha value is -2.61. The van der Waals surface area contributed by atoms with Crippen molar-refractivity contribution in [3.05, 3.63) is 53.6 Å². The number of thioether (sulfide) groups is 1. The zero-order valence-corrected chi connectivity index (χ0v) is 15.2. The van der Waals surface area contributed by atoms with Crippen LogP contribution in [0.2, 0.25) is 0 Å². The second kappa shape index (κ2) is 7.56. The number of rotatable bonds is 5. The lowest BCUT2D eigenvalue weighted by Crippen LogP contribution is -2.54. The Morgan fingerprint density at radius 1 is 1.19 bits per heavy atom. The molecule has 1 aliphatic heterocycles. The molecular formula is C19H17F2NO4S. The number of carbonyl (C=O) groups excluding carboxylic acids is 1. The van der Waals surface area contributed by atoms with Crippen LogP contribution in [-0.2, 0) is 4.79 Å². The number of halogens is 2. The summed E-state index contributed by atoms with van der Waals surface area (Å²) in [6, 6.07) is 7.88. The average Bonchev–Trinajstić information content (AvgIpc) is 3.11. The Morgan fingerprint density at radius 2 is 1.96 bits per heavy atom. The fourth-order valence-corrected chi connectivity index (χ4v) is 4.22. The molecular weight excluding hydrogens is 376 g/mol. The molecule has 8 heteroatoms. The van der Waals surface area contributed by atoms with Gasteiger partial charge in [0.25, 0.3) is 5.91 Å². The lowest BCUT2D eigenvalue weighted by Gasteiger charge is -2.24. The normalized spacial score (nSPS) is 18.9. The van der Waals surface area contributed by atoms with Crippen molar-refractivity contribution in [1.29, 1.82) is 0 Å². The highest BCUT2D eigenvalue weighted by Gasteiger charge is 2.43. The van der Waals surface area contributed by atoms with Gasteiger partial charge in [-0.3, -0.25) is 4.79 Å². The Kier molecular flexibility index (Phi) is 5.36. The number of amides is 1. The van der Waals surface area contributed by atoms with Crippen LogP contribution < -0.4 is 10.1 Å². The summed E-state index contributed by atoms with van der Waals surface area (Å²) in [5.41, 5.74) is -1.26. The molecule has 1 unspecified atom stereocenters. The molecule has 1 fully saturated rings. The van der Waals surface area contributed by atoms with Crippen molar-refractivity contribution in [3.63, 3.8) is 0 Å². The molecule has 3 rings (SSSR count). The first-order valence-electron chi connectivity index (χ1n) is 8.13. The lowest BCUT2D eigenvalue weighted by atomic mass is 9.97. The summed E-state index contributed by atoms with van der Waals surface area (Å²) in [6.07, 6.45) is 0.273. The third-order valence-electron chi connectivity index (χ3n) is 4.48. The number of carboxylic acid groups (broad SMARTS) is 1. The molecule has 0 aromatic heterocycles. The predicted octanol–water partition coefficient (Wildman–Crippen LogP) is 3.33. The molecule has 0 radical (unpaired) electrons. The van der Waals surface area contributed by atoms with Crippen molar-refractivity contribution < 1.29 is 28.2 Å². The topological polar surface area (TPSA) is 75.6 Å². The first-order valence-corrected chi connectivity index (χ1v) is 9.29. The Morgan fingerprint density at radius 3 is 2.52 bits per heavy atom. The monoisotopic (exact) mass is 393 g/mol. The van der Waals surface area contributed by atoms with Crippen LogP contribution in [0.15, 0.2) is 36.4 Å². The average molecular weight is 393 g/mol. The third-order valence-corrected chi connectivity index (χ3v) is 5.67. The predicted molar refractivity (Wildman–Crippen MR) is 98.1 cm³/mol. The van der Waals surface area contributed by atoms with Crippen molar-refractivity contribution in [3.8, 4) is 16.9 Å². The quantitative estimate of drug-likeness (QED) is 0.815. The van der Waals surface area contributed by atoms with Crippen LogP contribution in [0.1, 0.15) is 16.8 Å². The van der Waals surface area contributed by atoms with Crippen LogP contribution in [-0.4, -0.2) is 41.1 Å². The van der Waals surface area contributed by atoms with E-state index in [-0.39, 0.29) is 28.9 Å². The number of hydrogen-bond acceptors (Lipinski definition) is 4. The highest BCUT2D eigenvalue weighted by molar-refractivity contribution is 7.99. The fourth-order valence-electron chi connectivity index (χ4n) is 2.89. The van der Waals surface area contributed by atoms with E-state index >= 15 is 0 Å².